The minimum Gasteiger partial charge on any atom is -0.379 e. The molecule has 0 aliphatic carbocycles. The Bertz CT molecular complexity index is 324. The van der Waals surface area contributed by atoms with Gasteiger partial charge in [0.25, 0.3) is 0 Å². The van der Waals surface area contributed by atoms with E-state index in [0.29, 0.717) is 12.0 Å². The van der Waals surface area contributed by atoms with Gasteiger partial charge in [-0.05, 0) is 31.0 Å². The Hall–Kier alpha value is -0.860. The minimum atomic E-state index is 0.319. The molecule has 2 atom stereocenters. The molecular weight excluding hydrogens is 186 g/mol. The number of methoxy groups -OCH3 is 1. The lowest BCUT2D eigenvalue weighted by Gasteiger charge is -2.32. The smallest absolute Gasteiger partial charge is 0.0764 e. The Morgan fingerprint density at radius 1 is 1.33 bits per heavy atom. The maximum atomic E-state index is 5.55. The molecular formula is C13H19NO. The summed E-state index contributed by atoms with van der Waals surface area (Å²) in [5, 5.41) is 3.38. The van der Waals surface area contributed by atoms with Crippen LogP contribution in [0.5, 0.6) is 0 Å². The molecule has 1 heterocycles. The van der Waals surface area contributed by atoms with Crippen molar-refractivity contribution in [2.75, 3.05) is 20.2 Å². The summed E-state index contributed by atoms with van der Waals surface area (Å²) in [6.07, 6.45) is 1.49. The lowest BCUT2D eigenvalue weighted by Crippen LogP contribution is -2.40. The van der Waals surface area contributed by atoms with Crippen LogP contribution in [0.25, 0.3) is 0 Å². The topological polar surface area (TPSA) is 21.3 Å². The van der Waals surface area contributed by atoms with Crippen LogP contribution in [0.3, 0.4) is 0 Å². The second kappa shape index (κ2) is 4.77. The summed E-state index contributed by atoms with van der Waals surface area (Å²) < 4.78 is 5.55. The maximum absolute atomic E-state index is 5.55. The highest BCUT2D eigenvalue weighted by Gasteiger charge is 2.26. The van der Waals surface area contributed by atoms with Crippen molar-refractivity contribution in [3.05, 3.63) is 35.4 Å². The third-order valence-corrected chi connectivity index (χ3v) is 3.32. The van der Waals surface area contributed by atoms with E-state index in [4.69, 9.17) is 4.74 Å². The average Bonchev–Trinajstić information content (AvgIpc) is 2.30. The van der Waals surface area contributed by atoms with Crippen LogP contribution in [0.1, 0.15) is 23.5 Å². The number of hydrogen-bond acceptors (Lipinski definition) is 2. The van der Waals surface area contributed by atoms with Crippen molar-refractivity contribution in [2.45, 2.75) is 25.4 Å². The molecule has 1 fully saturated rings. The summed E-state index contributed by atoms with van der Waals surface area (Å²) in [6.45, 7) is 4.25. The van der Waals surface area contributed by atoms with Crippen LogP contribution in [0.2, 0.25) is 0 Å². The van der Waals surface area contributed by atoms with Crippen LogP contribution in [0.15, 0.2) is 24.3 Å². The standard InChI is InChI=1S/C13H19NO/c1-10-5-3-4-6-11(10)12-7-8-14-9-13(12)15-2/h3-6,12-14H,7-9H2,1-2H3. The molecule has 2 rings (SSSR count). The van der Waals surface area contributed by atoms with E-state index in [1.54, 1.807) is 0 Å². The third kappa shape index (κ3) is 2.21. The van der Waals surface area contributed by atoms with Gasteiger partial charge in [0.15, 0.2) is 0 Å². The summed E-state index contributed by atoms with van der Waals surface area (Å²) in [7, 11) is 1.81. The van der Waals surface area contributed by atoms with Crippen molar-refractivity contribution in [1.29, 1.82) is 0 Å². The summed E-state index contributed by atoms with van der Waals surface area (Å²) in [5.74, 6) is 0.553. The van der Waals surface area contributed by atoms with E-state index in [2.05, 4.69) is 36.5 Å². The van der Waals surface area contributed by atoms with Gasteiger partial charge in [0.1, 0.15) is 0 Å². The van der Waals surface area contributed by atoms with Crippen molar-refractivity contribution < 1.29 is 4.74 Å². The number of rotatable bonds is 2. The van der Waals surface area contributed by atoms with Gasteiger partial charge in [-0.2, -0.15) is 0 Å². The van der Waals surface area contributed by atoms with E-state index in [0.717, 1.165) is 13.1 Å². The van der Waals surface area contributed by atoms with Gasteiger partial charge in [-0.15, -0.1) is 0 Å². The molecule has 2 unspecified atom stereocenters. The first kappa shape index (κ1) is 10.7. The molecule has 1 N–H and O–H groups in total. The zero-order valence-electron chi connectivity index (χ0n) is 9.49. The highest BCUT2D eigenvalue weighted by molar-refractivity contribution is 5.30. The van der Waals surface area contributed by atoms with Gasteiger partial charge < -0.3 is 10.1 Å². The highest BCUT2D eigenvalue weighted by atomic mass is 16.5. The van der Waals surface area contributed by atoms with Gasteiger partial charge in [0.2, 0.25) is 0 Å². The number of ether oxygens (including phenoxy) is 1. The van der Waals surface area contributed by atoms with Gasteiger partial charge in [-0.25, -0.2) is 0 Å². The Balaban J connectivity index is 2.24. The number of aryl methyl sites for hydroxylation is 1. The Labute approximate surface area is 91.6 Å². The molecule has 1 aromatic carbocycles. The van der Waals surface area contributed by atoms with E-state index < -0.39 is 0 Å². The van der Waals surface area contributed by atoms with Crippen molar-refractivity contribution in [3.8, 4) is 0 Å². The lowest BCUT2D eigenvalue weighted by molar-refractivity contribution is 0.0623. The van der Waals surface area contributed by atoms with Gasteiger partial charge in [0, 0.05) is 19.6 Å². The van der Waals surface area contributed by atoms with Crippen molar-refractivity contribution in [1.82, 2.24) is 5.32 Å². The predicted octanol–water partition coefficient (Wildman–Crippen LogP) is 2.09. The summed E-state index contributed by atoms with van der Waals surface area (Å²) >= 11 is 0. The first-order chi connectivity index (χ1) is 7.33. The second-order valence-corrected chi connectivity index (χ2v) is 4.23. The molecule has 1 saturated heterocycles. The third-order valence-electron chi connectivity index (χ3n) is 3.32. The number of piperidine rings is 1. The number of benzene rings is 1. The average molecular weight is 205 g/mol. The molecule has 1 aromatic rings. The van der Waals surface area contributed by atoms with Gasteiger partial charge >= 0.3 is 0 Å². The van der Waals surface area contributed by atoms with E-state index in [9.17, 15) is 0 Å². The maximum Gasteiger partial charge on any atom is 0.0764 e. The quantitative estimate of drug-likeness (QED) is 0.798. The highest BCUT2D eigenvalue weighted by Crippen LogP contribution is 2.29. The molecule has 15 heavy (non-hydrogen) atoms. The molecule has 0 aromatic heterocycles. The minimum absolute atomic E-state index is 0.319. The fourth-order valence-corrected chi connectivity index (χ4v) is 2.44. The Morgan fingerprint density at radius 3 is 2.87 bits per heavy atom. The zero-order chi connectivity index (χ0) is 10.7. The van der Waals surface area contributed by atoms with Crippen LogP contribution < -0.4 is 5.32 Å². The van der Waals surface area contributed by atoms with Gasteiger partial charge in [-0.3, -0.25) is 0 Å². The lowest BCUT2D eigenvalue weighted by atomic mass is 9.85. The first-order valence-corrected chi connectivity index (χ1v) is 5.62. The van der Waals surface area contributed by atoms with Crippen LogP contribution in [0.4, 0.5) is 0 Å². The van der Waals surface area contributed by atoms with E-state index in [1.165, 1.54) is 17.5 Å². The number of nitrogens with one attached hydrogen (secondary N) is 1. The second-order valence-electron chi connectivity index (χ2n) is 4.23. The zero-order valence-corrected chi connectivity index (χ0v) is 9.49. The molecule has 0 bridgehead atoms. The van der Waals surface area contributed by atoms with E-state index in [-0.39, 0.29) is 0 Å². The Morgan fingerprint density at radius 2 is 2.13 bits per heavy atom. The van der Waals surface area contributed by atoms with Crippen LogP contribution >= 0.6 is 0 Å². The van der Waals surface area contributed by atoms with E-state index in [1.807, 2.05) is 7.11 Å². The Kier molecular flexibility index (Phi) is 3.39. The molecule has 2 heteroatoms. The fraction of sp³-hybridized carbons (Fsp3) is 0.538. The summed E-state index contributed by atoms with van der Waals surface area (Å²) in [4.78, 5) is 0. The summed E-state index contributed by atoms with van der Waals surface area (Å²) in [6, 6.07) is 8.64. The molecule has 1 aliphatic rings. The molecule has 1 aliphatic heterocycles. The van der Waals surface area contributed by atoms with Crippen molar-refractivity contribution >= 4 is 0 Å². The first-order valence-electron chi connectivity index (χ1n) is 5.62. The molecule has 2 nitrogen and oxygen atoms in total. The fourth-order valence-electron chi connectivity index (χ4n) is 2.44. The van der Waals surface area contributed by atoms with Crippen LogP contribution in [-0.4, -0.2) is 26.3 Å². The number of hydrogen-bond donors (Lipinski definition) is 1. The van der Waals surface area contributed by atoms with Crippen LogP contribution in [0, 0.1) is 6.92 Å². The molecule has 82 valence electrons. The summed E-state index contributed by atoms with van der Waals surface area (Å²) in [5.41, 5.74) is 2.83. The van der Waals surface area contributed by atoms with Gasteiger partial charge in [0.05, 0.1) is 6.10 Å². The largest absolute Gasteiger partial charge is 0.379 e. The van der Waals surface area contributed by atoms with Crippen molar-refractivity contribution in [2.24, 2.45) is 0 Å². The SMILES string of the molecule is COC1CNCCC1c1ccccc1C. The normalized spacial score (nSPS) is 26.5. The van der Waals surface area contributed by atoms with E-state index >= 15 is 0 Å². The molecule has 0 radical (unpaired) electrons. The molecule has 0 saturated carbocycles. The molecule has 0 spiro atoms. The van der Waals surface area contributed by atoms with Gasteiger partial charge in [-0.1, -0.05) is 24.3 Å². The van der Waals surface area contributed by atoms with Crippen molar-refractivity contribution in [3.63, 3.8) is 0 Å². The monoisotopic (exact) mass is 205 g/mol. The van der Waals surface area contributed by atoms with Crippen LogP contribution in [-0.2, 0) is 4.74 Å². The predicted molar refractivity (Wildman–Crippen MR) is 62.2 cm³/mol. The molecule has 0 amide bonds.